The van der Waals surface area contributed by atoms with Gasteiger partial charge in [-0.3, -0.25) is 0 Å². The van der Waals surface area contributed by atoms with Gasteiger partial charge in [0.2, 0.25) is 0 Å². The highest BCUT2D eigenvalue weighted by molar-refractivity contribution is 7.91. The van der Waals surface area contributed by atoms with Crippen LogP contribution in [-0.2, 0) is 9.84 Å². The Hall–Kier alpha value is -0.0900. The first-order valence-electron chi connectivity index (χ1n) is 8.36. The lowest BCUT2D eigenvalue weighted by atomic mass is 9.71. The van der Waals surface area contributed by atoms with E-state index >= 15 is 0 Å². The van der Waals surface area contributed by atoms with Crippen molar-refractivity contribution < 1.29 is 8.42 Å². The van der Waals surface area contributed by atoms with E-state index in [2.05, 4.69) is 6.92 Å². The highest BCUT2D eigenvalue weighted by atomic mass is 32.2. The zero-order chi connectivity index (χ0) is 14.8. The van der Waals surface area contributed by atoms with E-state index in [1.165, 1.54) is 38.4 Å². The topological polar surface area (TPSA) is 60.2 Å². The van der Waals surface area contributed by atoms with Crippen LogP contribution in [0, 0.1) is 17.8 Å². The summed E-state index contributed by atoms with van der Waals surface area (Å²) >= 11 is 0. The van der Waals surface area contributed by atoms with Crippen LogP contribution >= 0.6 is 0 Å². The van der Waals surface area contributed by atoms with E-state index in [0.717, 1.165) is 31.6 Å². The van der Waals surface area contributed by atoms with Gasteiger partial charge >= 0.3 is 0 Å². The van der Waals surface area contributed by atoms with Gasteiger partial charge in [-0.05, 0) is 49.9 Å². The Balaban J connectivity index is 1.90. The number of sulfone groups is 1. The van der Waals surface area contributed by atoms with Gasteiger partial charge in [-0.25, -0.2) is 8.42 Å². The number of nitrogens with two attached hydrogens (primary N) is 1. The van der Waals surface area contributed by atoms with Crippen LogP contribution in [-0.4, -0.2) is 26.0 Å². The van der Waals surface area contributed by atoms with Gasteiger partial charge in [0.05, 0.1) is 5.25 Å². The minimum absolute atomic E-state index is 0.140. The monoisotopic (exact) mass is 301 g/mol. The Bertz CT molecular complexity index is 399. The predicted octanol–water partition coefficient (Wildman–Crippen LogP) is 3.13. The first kappa shape index (κ1) is 16.3. The molecule has 2 N–H and O–H groups in total. The van der Waals surface area contributed by atoms with Gasteiger partial charge in [0.25, 0.3) is 0 Å². The van der Waals surface area contributed by atoms with E-state index in [4.69, 9.17) is 5.73 Å². The summed E-state index contributed by atoms with van der Waals surface area (Å²) in [5, 5.41) is -0.140. The number of hydrogen-bond acceptors (Lipinski definition) is 3. The Kier molecular flexibility index (Phi) is 5.52. The van der Waals surface area contributed by atoms with Gasteiger partial charge in [0, 0.05) is 12.3 Å². The smallest absolute Gasteiger partial charge is 0.150 e. The molecule has 2 aliphatic carbocycles. The summed E-state index contributed by atoms with van der Waals surface area (Å²) in [5.41, 5.74) is 6.52. The molecular weight excluding hydrogens is 270 g/mol. The normalized spacial score (nSPS) is 37.5. The van der Waals surface area contributed by atoms with E-state index in [-0.39, 0.29) is 11.3 Å². The molecule has 0 aromatic carbocycles. The summed E-state index contributed by atoms with van der Waals surface area (Å²) in [7, 11) is -2.89. The standard InChI is InChI=1S/C16H31NO2S/c1-3-12-7-9-13(10-8-12)16(17)14-5-4-6-15(11-14)20(2,18)19/h12-16H,3-11,17H2,1-2H3. The number of rotatable bonds is 4. The Morgan fingerprint density at radius 1 is 1.05 bits per heavy atom. The third kappa shape index (κ3) is 3.97. The van der Waals surface area contributed by atoms with Crippen LogP contribution in [0.25, 0.3) is 0 Å². The Labute approximate surface area is 124 Å². The molecule has 0 aromatic rings. The lowest BCUT2D eigenvalue weighted by Gasteiger charge is -2.38. The molecule has 2 aliphatic rings. The molecule has 118 valence electrons. The molecule has 2 fully saturated rings. The molecule has 0 aromatic heterocycles. The first-order chi connectivity index (χ1) is 9.41. The average Bonchev–Trinajstić information content (AvgIpc) is 2.46. The van der Waals surface area contributed by atoms with Gasteiger partial charge in [-0.1, -0.05) is 32.6 Å². The minimum atomic E-state index is -2.89. The van der Waals surface area contributed by atoms with Crippen LogP contribution in [0.2, 0.25) is 0 Å². The Morgan fingerprint density at radius 2 is 1.70 bits per heavy atom. The van der Waals surface area contributed by atoms with Gasteiger partial charge < -0.3 is 5.73 Å². The van der Waals surface area contributed by atoms with Crippen molar-refractivity contribution in [1.82, 2.24) is 0 Å². The van der Waals surface area contributed by atoms with Crippen LogP contribution in [0.5, 0.6) is 0 Å². The molecule has 3 nitrogen and oxygen atoms in total. The zero-order valence-electron chi connectivity index (χ0n) is 13.1. The molecule has 2 rings (SSSR count). The molecule has 0 bridgehead atoms. The van der Waals surface area contributed by atoms with E-state index in [9.17, 15) is 8.42 Å². The summed E-state index contributed by atoms with van der Waals surface area (Å²) in [5.74, 6) is 1.95. The summed E-state index contributed by atoms with van der Waals surface area (Å²) in [6.07, 6.45) is 11.6. The van der Waals surface area contributed by atoms with E-state index in [1.54, 1.807) is 0 Å². The molecular formula is C16H31NO2S. The van der Waals surface area contributed by atoms with Crippen LogP contribution in [0.3, 0.4) is 0 Å². The van der Waals surface area contributed by atoms with Crippen molar-refractivity contribution in [3.63, 3.8) is 0 Å². The van der Waals surface area contributed by atoms with Crippen molar-refractivity contribution in [3.05, 3.63) is 0 Å². The SMILES string of the molecule is CCC1CCC(C(N)C2CCCC(S(C)(=O)=O)C2)CC1. The molecule has 20 heavy (non-hydrogen) atoms. The molecule has 3 atom stereocenters. The molecule has 2 saturated carbocycles. The van der Waals surface area contributed by atoms with Crippen molar-refractivity contribution in [1.29, 1.82) is 0 Å². The highest BCUT2D eigenvalue weighted by Gasteiger charge is 2.35. The van der Waals surface area contributed by atoms with Crippen LogP contribution < -0.4 is 5.73 Å². The maximum absolute atomic E-state index is 11.8. The molecule has 0 aliphatic heterocycles. The largest absolute Gasteiger partial charge is 0.327 e. The van der Waals surface area contributed by atoms with Crippen LogP contribution in [0.15, 0.2) is 0 Å². The quantitative estimate of drug-likeness (QED) is 0.868. The third-order valence-electron chi connectivity index (χ3n) is 5.83. The van der Waals surface area contributed by atoms with Crippen molar-refractivity contribution in [3.8, 4) is 0 Å². The fourth-order valence-corrected chi connectivity index (χ4v) is 5.48. The second-order valence-corrected chi connectivity index (χ2v) is 9.47. The molecule has 0 radical (unpaired) electrons. The van der Waals surface area contributed by atoms with Crippen molar-refractivity contribution in [2.24, 2.45) is 23.5 Å². The van der Waals surface area contributed by atoms with Crippen LogP contribution in [0.1, 0.15) is 64.7 Å². The van der Waals surface area contributed by atoms with Gasteiger partial charge in [0.15, 0.2) is 0 Å². The maximum atomic E-state index is 11.8. The van der Waals surface area contributed by atoms with Gasteiger partial charge in [-0.15, -0.1) is 0 Å². The summed E-state index contributed by atoms with van der Waals surface area (Å²) in [4.78, 5) is 0. The molecule has 0 amide bonds. The second-order valence-electron chi connectivity index (χ2n) is 7.14. The predicted molar refractivity (Wildman–Crippen MR) is 84.3 cm³/mol. The molecule has 4 heteroatoms. The van der Waals surface area contributed by atoms with Gasteiger partial charge in [0.1, 0.15) is 9.84 Å². The molecule has 0 saturated heterocycles. The van der Waals surface area contributed by atoms with E-state index in [0.29, 0.717) is 11.8 Å². The maximum Gasteiger partial charge on any atom is 0.150 e. The molecule has 0 heterocycles. The van der Waals surface area contributed by atoms with Gasteiger partial charge in [-0.2, -0.15) is 0 Å². The number of hydrogen-bond donors (Lipinski definition) is 1. The molecule has 0 spiro atoms. The average molecular weight is 301 g/mol. The Morgan fingerprint density at radius 3 is 2.25 bits per heavy atom. The lowest BCUT2D eigenvalue weighted by Crippen LogP contribution is -2.43. The lowest BCUT2D eigenvalue weighted by molar-refractivity contribution is 0.179. The van der Waals surface area contributed by atoms with Crippen molar-refractivity contribution in [2.45, 2.75) is 76.0 Å². The van der Waals surface area contributed by atoms with Crippen molar-refractivity contribution in [2.75, 3.05) is 6.26 Å². The summed E-state index contributed by atoms with van der Waals surface area (Å²) in [6.45, 7) is 2.28. The fourth-order valence-electron chi connectivity index (χ4n) is 4.29. The summed E-state index contributed by atoms with van der Waals surface area (Å²) in [6, 6.07) is 0.220. The molecule has 3 unspecified atom stereocenters. The summed E-state index contributed by atoms with van der Waals surface area (Å²) < 4.78 is 23.5. The highest BCUT2D eigenvalue weighted by Crippen LogP contribution is 2.38. The van der Waals surface area contributed by atoms with Crippen LogP contribution in [0.4, 0.5) is 0 Å². The first-order valence-corrected chi connectivity index (χ1v) is 10.3. The third-order valence-corrected chi connectivity index (χ3v) is 7.47. The van der Waals surface area contributed by atoms with E-state index < -0.39 is 9.84 Å². The minimum Gasteiger partial charge on any atom is -0.327 e. The second kappa shape index (κ2) is 6.78. The fraction of sp³-hybridized carbons (Fsp3) is 1.00. The zero-order valence-corrected chi connectivity index (χ0v) is 13.9. The van der Waals surface area contributed by atoms with E-state index in [1.807, 2.05) is 0 Å². The van der Waals surface area contributed by atoms with Crippen molar-refractivity contribution >= 4 is 9.84 Å².